The van der Waals surface area contributed by atoms with Crippen molar-refractivity contribution in [1.29, 1.82) is 0 Å². The van der Waals surface area contributed by atoms with Crippen molar-refractivity contribution in [3.8, 4) is 16.9 Å². The first-order chi connectivity index (χ1) is 67.0. The molecule has 0 spiro atoms. The summed E-state index contributed by atoms with van der Waals surface area (Å²) in [5.41, 5.74) is 49.8. The normalized spacial score (nSPS) is 11.7. The van der Waals surface area contributed by atoms with Gasteiger partial charge in [-0.3, -0.25) is 0 Å². The third-order valence-corrected chi connectivity index (χ3v) is 27.5. The minimum Gasteiger partial charge on any atom is -0.489 e. The Kier molecular flexibility index (Phi) is 31.7. The third-order valence-electron chi connectivity index (χ3n) is 27.5. The minimum absolute atomic E-state index is 0.511. The lowest BCUT2D eigenvalue weighted by atomic mass is 9.93. The molecule has 0 aromatic heterocycles. The van der Waals surface area contributed by atoms with Gasteiger partial charge in [0.25, 0.3) is 0 Å². The van der Waals surface area contributed by atoms with Crippen LogP contribution in [0.3, 0.4) is 0 Å². The van der Waals surface area contributed by atoms with Gasteiger partial charge in [0.1, 0.15) is 12.4 Å². The van der Waals surface area contributed by atoms with Gasteiger partial charge in [-0.25, -0.2) is 0 Å². The SMILES string of the molecule is CCC(C)c1ccc(COc2ccc(N(c3cccc(C)c3)c3ccc(-c4ccc(N(c5cccc(C)c5)c5cccc(C)c5)c(C)c4)cc3C)cc2C)cc1.CCC(C)c1ccc(N(c2cccc(C)c2)c2cc(C)c(N(c3cccc(C)c3)c3cccc(C)c3)cc2C)cc1C.CCC(C)c1cccc(N(c2cccc(C)c2)c2cc(C)c(N(c3cccc(C)c3)c3cccc(C)c3)cc2C)c1. The Labute approximate surface area is 831 Å². The van der Waals surface area contributed by atoms with Crippen LogP contribution >= 0.6 is 0 Å². The number of hydrogen-bond donors (Lipinski definition) is 0. The van der Waals surface area contributed by atoms with Gasteiger partial charge >= 0.3 is 0 Å². The average Bonchev–Trinajstić information content (AvgIpc) is 0.761. The van der Waals surface area contributed by atoms with Gasteiger partial charge in [-0.1, -0.05) is 205 Å². The minimum atomic E-state index is 0.511. The van der Waals surface area contributed by atoms with Crippen LogP contribution in [0.4, 0.5) is 102 Å². The van der Waals surface area contributed by atoms with E-state index in [-0.39, 0.29) is 0 Å². The largest absolute Gasteiger partial charge is 0.489 e. The molecule has 0 aliphatic carbocycles. The number of nitrogens with zero attached hydrogens (tertiary/aromatic N) is 6. The Morgan fingerprint density at radius 3 is 0.719 bits per heavy atom. The molecule has 0 aliphatic heterocycles. The van der Waals surface area contributed by atoms with Gasteiger partial charge in [-0.15, -0.1) is 0 Å². The van der Waals surface area contributed by atoms with Crippen LogP contribution < -0.4 is 34.1 Å². The van der Waals surface area contributed by atoms with Crippen molar-refractivity contribution >= 4 is 102 Å². The second-order valence-electron chi connectivity index (χ2n) is 39.0. The van der Waals surface area contributed by atoms with Crippen molar-refractivity contribution in [3.05, 3.63) is 481 Å². The quantitative estimate of drug-likeness (QED) is 0.0483. The molecule has 139 heavy (non-hydrogen) atoms. The Balaban J connectivity index is 0.000000161. The summed E-state index contributed by atoms with van der Waals surface area (Å²) in [7, 11) is 0. The molecule has 0 bridgehead atoms. The van der Waals surface area contributed by atoms with Crippen molar-refractivity contribution in [2.75, 3.05) is 29.4 Å². The summed E-state index contributed by atoms with van der Waals surface area (Å²) in [5, 5.41) is 0. The molecule has 7 nitrogen and oxygen atoms in total. The molecule has 0 fully saturated rings. The molecular weight excluding hydrogens is 1690 g/mol. The van der Waals surface area contributed by atoms with Crippen LogP contribution in [0.25, 0.3) is 11.1 Å². The molecular formula is C132H140N6O. The Morgan fingerprint density at radius 1 is 0.194 bits per heavy atom. The predicted molar refractivity (Wildman–Crippen MR) is 600 cm³/mol. The summed E-state index contributed by atoms with van der Waals surface area (Å²) in [6.45, 7) is 51.4. The van der Waals surface area contributed by atoms with Gasteiger partial charge in [0.15, 0.2) is 0 Å². The van der Waals surface area contributed by atoms with E-state index in [0.29, 0.717) is 24.4 Å². The smallest absolute Gasteiger partial charge is 0.122 e. The van der Waals surface area contributed by atoms with Crippen molar-refractivity contribution in [3.63, 3.8) is 0 Å². The molecule has 3 atom stereocenters. The molecule has 17 aromatic carbocycles. The fraction of sp³-hybridized carbons (Fsp3) is 0.227. The highest BCUT2D eigenvalue weighted by atomic mass is 16.5. The van der Waals surface area contributed by atoms with Crippen molar-refractivity contribution in [2.24, 2.45) is 0 Å². The van der Waals surface area contributed by atoms with Gasteiger partial charge in [0, 0.05) is 102 Å². The second-order valence-corrected chi connectivity index (χ2v) is 39.0. The molecule has 704 valence electrons. The molecule has 0 N–H and O–H groups in total. The molecule has 17 aromatic rings. The van der Waals surface area contributed by atoms with Gasteiger partial charge in [-0.2, -0.15) is 0 Å². The lowest BCUT2D eigenvalue weighted by Crippen LogP contribution is -2.15. The van der Waals surface area contributed by atoms with E-state index in [0.717, 1.165) is 59.0 Å². The summed E-state index contributed by atoms with van der Waals surface area (Å²) >= 11 is 0. The highest BCUT2D eigenvalue weighted by molar-refractivity contribution is 5.90. The lowest BCUT2D eigenvalue weighted by molar-refractivity contribution is 0.304. The maximum atomic E-state index is 6.37. The first kappa shape index (κ1) is 98.8. The molecule has 0 saturated carbocycles. The van der Waals surface area contributed by atoms with Crippen LogP contribution in [-0.2, 0) is 6.61 Å². The predicted octanol–water partition coefficient (Wildman–Crippen LogP) is 38.9. The van der Waals surface area contributed by atoms with Crippen LogP contribution in [0.2, 0.25) is 0 Å². The molecule has 0 saturated heterocycles. The van der Waals surface area contributed by atoms with E-state index in [9.17, 15) is 0 Å². The molecule has 0 radical (unpaired) electrons. The maximum Gasteiger partial charge on any atom is 0.122 e. The number of ether oxygens (including phenoxy) is 1. The molecule has 0 heterocycles. The Hall–Kier alpha value is -14.7. The average molecular weight is 1830 g/mol. The van der Waals surface area contributed by atoms with Crippen molar-refractivity contribution in [2.45, 2.75) is 203 Å². The first-order valence-electron chi connectivity index (χ1n) is 49.9. The van der Waals surface area contributed by atoms with Gasteiger partial charge in [0.2, 0.25) is 0 Å². The number of benzene rings is 17. The zero-order valence-corrected chi connectivity index (χ0v) is 86.3. The van der Waals surface area contributed by atoms with E-state index in [4.69, 9.17) is 4.74 Å². The lowest BCUT2D eigenvalue weighted by Gasteiger charge is -2.32. The highest BCUT2D eigenvalue weighted by Gasteiger charge is 2.27. The maximum absolute atomic E-state index is 6.37. The van der Waals surface area contributed by atoms with Crippen LogP contribution in [0.15, 0.2) is 364 Å². The van der Waals surface area contributed by atoms with Crippen LogP contribution in [0, 0.1) is 118 Å². The van der Waals surface area contributed by atoms with E-state index in [1.165, 1.54) is 196 Å². The van der Waals surface area contributed by atoms with E-state index in [2.05, 4.69) is 553 Å². The van der Waals surface area contributed by atoms with Crippen molar-refractivity contribution < 1.29 is 4.74 Å². The highest BCUT2D eigenvalue weighted by Crippen LogP contribution is 2.50. The first-order valence-corrected chi connectivity index (χ1v) is 49.9. The van der Waals surface area contributed by atoms with Crippen molar-refractivity contribution in [1.82, 2.24) is 0 Å². The van der Waals surface area contributed by atoms with Gasteiger partial charge < -0.3 is 34.1 Å². The molecule has 17 rings (SSSR count). The van der Waals surface area contributed by atoms with E-state index >= 15 is 0 Å². The summed E-state index contributed by atoms with van der Waals surface area (Å²) < 4.78 is 6.37. The number of aryl methyl sites for hydroxylation is 17. The monoisotopic (exact) mass is 1830 g/mol. The van der Waals surface area contributed by atoms with Crippen LogP contribution in [0.5, 0.6) is 5.75 Å². The number of hydrogen-bond acceptors (Lipinski definition) is 7. The Bertz CT molecular complexity index is 7040. The summed E-state index contributed by atoms with van der Waals surface area (Å²) in [5.74, 6) is 2.52. The van der Waals surface area contributed by atoms with E-state index < -0.39 is 0 Å². The summed E-state index contributed by atoms with van der Waals surface area (Å²) in [6, 6.07) is 134. The van der Waals surface area contributed by atoms with Crippen LogP contribution in [0.1, 0.15) is 195 Å². The van der Waals surface area contributed by atoms with Gasteiger partial charge in [-0.05, 0) is 483 Å². The van der Waals surface area contributed by atoms with E-state index in [1.54, 1.807) is 0 Å². The molecule has 0 aliphatic rings. The summed E-state index contributed by atoms with van der Waals surface area (Å²) in [6.07, 6.45) is 3.40. The zero-order valence-electron chi connectivity index (χ0n) is 86.3. The topological polar surface area (TPSA) is 28.7 Å². The summed E-state index contributed by atoms with van der Waals surface area (Å²) in [4.78, 5) is 14.4. The fourth-order valence-corrected chi connectivity index (χ4v) is 19.2. The zero-order chi connectivity index (χ0) is 98.4. The van der Waals surface area contributed by atoms with Gasteiger partial charge in [0.05, 0.1) is 0 Å². The standard InChI is InChI=1S/C53H54N2O.C40H44N2.C39H42N2/c1-9-39(5)44-21-19-43(20-22-44)35-56-53-28-25-50(34-42(53)8)55(49-18-12-15-38(4)31-49)52-27-24-46(33-41(52)7)45-23-26-51(40(6)32-45)54(47-16-10-13-36(2)29-47)48-17-11-14-37(3)30-48;1-9-30(5)38-20-19-37(24-31(38)6)42(36-18-12-15-29(4)23-36)40-26-32(7)39(25-33(40)8)41(34-16-10-13-27(2)21-34)35-17-11-14-28(3)22-35;1-8-30(5)33-16-12-20-37(26-33)41(36-19-11-15-29(4)23-36)39-25-31(6)38(24-32(39)7)40(34-17-9-13-27(2)21-34)35-18-10-14-28(3)22-35/h10-34,39H,9,35H2,1-8H3;10-26,30H,9H2,1-8H3;9-26,30H,8H2,1-7H3. The molecule has 3 unspecified atom stereocenters. The Morgan fingerprint density at radius 2 is 0.446 bits per heavy atom. The molecule has 0 amide bonds. The number of rotatable bonds is 28. The molecule has 7 heteroatoms. The van der Waals surface area contributed by atoms with Crippen LogP contribution in [-0.4, -0.2) is 0 Å². The fourth-order valence-electron chi connectivity index (χ4n) is 19.2. The third kappa shape index (κ3) is 23.4. The van der Waals surface area contributed by atoms with E-state index in [1.807, 2.05) is 0 Å². The number of anilines is 18. The second kappa shape index (κ2) is 44.6.